The monoisotopic (exact) mass is 380 g/mol. The van der Waals surface area contributed by atoms with E-state index in [4.69, 9.17) is 9.47 Å². The molecule has 0 unspecified atom stereocenters. The van der Waals surface area contributed by atoms with Crippen molar-refractivity contribution in [2.75, 3.05) is 19.0 Å². The quantitative estimate of drug-likeness (QED) is 0.594. The Morgan fingerprint density at radius 2 is 1.96 bits per heavy atom. The summed E-state index contributed by atoms with van der Waals surface area (Å²) in [6.07, 6.45) is 3.21. The van der Waals surface area contributed by atoms with Gasteiger partial charge in [-0.3, -0.25) is 10.1 Å². The van der Waals surface area contributed by atoms with Gasteiger partial charge >= 0.3 is 0 Å². The number of carbonyl (C=O) groups excluding carboxylic acids is 1. The molecule has 27 heavy (non-hydrogen) atoms. The average molecular weight is 380 g/mol. The first kappa shape index (κ1) is 18.7. The highest BCUT2D eigenvalue weighted by atomic mass is 32.1. The zero-order chi connectivity index (χ0) is 19.1. The standard InChI is InChI=1S/C21H20N2O3S/c1-3-26-19-7-5-4-6-16(19)10-13-20(24)23-21-22-18(14-27-21)15-8-11-17(25-2)12-9-15/h4-14H,3H2,1-2H3,(H,22,23,24). The van der Waals surface area contributed by atoms with Crippen molar-refractivity contribution in [3.63, 3.8) is 0 Å². The van der Waals surface area contributed by atoms with Gasteiger partial charge in [0.1, 0.15) is 11.5 Å². The number of rotatable bonds is 7. The Balaban J connectivity index is 1.65. The highest BCUT2D eigenvalue weighted by molar-refractivity contribution is 7.14. The van der Waals surface area contributed by atoms with E-state index < -0.39 is 0 Å². The Morgan fingerprint density at radius 1 is 1.19 bits per heavy atom. The molecule has 1 aromatic heterocycles. The highest BCUT2D eigenvalue weighted by Crippen LogP contribution is 2.26. The summed E-state index contributed by atoms with van der Waals surface area (Å²) in [6.45, 7) is 2.50. The lowest BCUT2D eigenvalue weighted by Gasteiger charge is -2.06. The fourth-order valence-electron chi connectivity index (χ4n) is 2.44. The Labute approximate surface area is 162 Å². The van der Waals surface area contributed by atoms with E-state index in [1.165, 1.54) is 17.4 Å². The maximum Gasteiger partial charge on any atom is 0.250 e. The van der Waals surface area contributed by atoms with Crippen molar-refractivity contribution in [2.45, 2.75) is 6.92 Å². The molecular formula is C21H20N2O3S. The number of anilines is 1. The Bertz CT molecular complexity index is 933. The minimum absolute atomic E-state index is 0.239. The molecule has 6 heteroatoms. The number of ether oxygens (including phenoxy) is 2. The van der Waals surface area contributed by atoms with Crippen LogP contribution in [0.15, 0.2) is 60.0 Å². The molecule has 0 fully saturated rings. The van der Waals surface area contributed by atoms with E-state index in [2.05, 4.69) is 10.3 Å². The zero-order valence-corrected chi connectivity index (χ0v) is 16.0. The van der Waals surface area contributed by atoms with Gasteiger partial charge in [-0.25, -0.2) is 4.98 Å². The van der Waals surface area contributed by atoms with E-state index in [-0.39, 0.29) is 5.91 Å². The van der Waals surface area contributed by atoms with Gasteiger partial charge in [0.05, 0.1) is 19.4 Å². The lowest BCUT2D eigenvalue weighted by Crippen LogP contribution is -2.07. The van der Waals surface area contributed by atoms with Crippen molar-refractivity contribution < 1.29 is 14.3 Å². The molecular weight excluding hydrogens is 360 g/mol. The second-order valence-corrected chi connectivity index (χ2v) is 6.42. The first-order valence-electron chi connectivity index (χ1n) is 8.50. The van der Waals surface area contributed by atoms with Crippen LogP contribution in [0.5, 0.6) is 11.5 Å². The number of benzene rings is 2. The highest BCUT2D eigenvalue weighted by Gasteiger charge is 2.07. The number of aromatic nitrogens is 1. The molecule has 0 radical (unpaired) electrons. The number of methoxy groups -OCH3 is 1. The molecule has 1 amide bonds. The van der Waals surface area contributed by atoms with Crippen LogP contribution < -0.4 is 14.8 Å². The summed E-state index contributed by atoms with van der Waals surface area (Å²) < 4.78 is 10.7. The summed E-state index contributed by atoms with van der Waals surface area (Å²) in [4.78, 5) is 16.7. The lowest BCUT2D eigenvalue weighted by atomic mass is 10.2. The predicted octanol–water partition coefficient (Wildman–Crippen LogP) is 4.87. The molecule has 3 rings (SSSR count). The van der Waals surface area contributed by atoms with Crippen LogP contribution in [0, 0.1) is 0 Å². The molecule has 0 aliphatic rings. The van der Waals surface area contributed by atoms with Gasteiger partial charge in [0.2, 0.25) is 5.91 Å². The Hall–Kier alpha value is -3.12. The molecule has 2 aromatic carbocycles. The fourth-order valence-corrected chi connectivity index (χ4v) is 3.17. The van der Waals surface area contributed by atoms with Gasteiger partial charge in [0, 0.05) is 22.6 Å². The van der Waals surface area contributed by atoms with Crippen LogP contribution >= 0.6 is 11.3 Å². The van der Waals surface area contributed by atoms with Gasteiger partial charge in [0.25, 0.3) is 0 Å². The number of carbonyl (C=O) groups is 1. The summed E-state index contributed by atoms with van der Waals surface area (Å²) in [5.74, 6) is 1.30. The van der Waals surface area contributed by atoms with Crippen LogP contribution in [-0.4, -0.2) is 24.6 Å². The average Bonchev–Trinajstić information content (AvgIpc) is 3.16. The third-order valence-electron chi connectivity index (χ3n) is 3.75. The van der Waals surface area contributed by atoms with Crippen molar-refractivity contribution in [2.24, 2.45) is 0 Å². The fraction of sp³-hybridized carbons (Fsp3) is 0.143. The molecule has 0 saturated heterocycles. The first-order valence-corrected chi connectivity index (χ1v) is 9.38. The third-order valence-corrected chi connectivity index (χ3v) is 4.51. The maximum absolute atomic E-state index is 12.2. The summed E-state index contributed by atoms with van der Waals surface area (Å²) in [7, 11) is 1.63. The van der Waals surface area contributed by atoms with Gasteiger partial charge in [-0.15, -0.1) is 11.3 Å². The van der Waals surface area contributed by atoms with Crippen molar-refractivity contribution in [3.05, 3.63) is 65.6 Å². The van der Waals surface area contributed by atoms with Crippen molar-refractivity contribution in [1.29, 1.82) is 0 Å². The first-order chi connectivity index (χ1) is 13.2. The maximum atomic E-state index is 12.2. The molecule has 0 bridgehead atoms. The van der Waals surface area contributed by atoms with Crippen molar-refractivity contribution >= 4 is 28.5 Å². The Kier molecular flexibility index (Phi) is 6.22. The minimum Gasteiger partial charge on any atom is -0.497 e. The topological polar surface area (TPSA) is 60.5 Å². The number of amides is 1. The molecule has 1 N–H and O–H groups in total. The van der Waals surface area contributed by atoms with E-state index >= 15 is 0 Å². The smallest absolute Gasteiger partial charge is 0.250 e. The number of nitrogens with zero attached hydrogens (tertiary/aromatic N) is 1. The summed E-state index contributed by atoms with van der Waals surface area (Å²) in [5, 5.41) is 5.25. The summed E-state index contributed by atoms with van der Waals surface area (Å²) in [6, 6.07) is 15.2. The normalized spacial score (nSPS) is 10.7. The number of nitrogens with one attached hydrogen (secondary N) is 1. The van der Waals surface area contributed by atoms with E-state index in [1.807, 2.05) is 60.8 Å². The zero-order valence-electron chi connectivity index (χ0n) is 15.1. The Morgan fingerprint density at radius 3 is 2.70 bits per heavy atom. The number of hydrogen-bond acceptors (Lipinski definition) is 5. The number of hydrogen-bond donors (Lipinski definition) is 1. The summed E-state index contributed by atoms with van der Waals surface area (Å²) in [5.41, 5.74) is 2.63. The van der Waals surface area contributed by atoms with E-state index in [1.54, 1.807) is 13.2 Å². The van der Waals surface area contributed by atoms with Crippen molar-refractivity contribution in [1.82, 2.24) is 4.98 Å². The van der Waals surface area contributed by atoms with Crippen LogP contribution in [0.2, 0.25) is 0 Å². The van der Waals surface area contributed by atoms with Crippen LogP contribution in [0.25, 0.3) is 17.3 Å². The second-order valence-electron chi connectivity index (χ2n) is 5.56. The van der Waals surface area contributed by atoms with Crippen molar-refractivity contribution in [3.8, 4) is 22.8 Å². The van der Waals surface area contributed by atoms with Gasteiger partial charge in [-0.1, -0.05) is 18.2 Å². The molecule has 0 aliphatic carbocycles. The largest absolute Gasteiger partial charge is 0.497 e. The molecule has 5 nitrogen and oxygen atoms in total. The molecule has 3 aromatic rings. The molecule has 1 heterocycles. The molecule has 0 atom stereocenters. The second kappa shape index (κ2) is 9.00. The van der Waals surface area contributed by atoms with Crippen LogP contribution in [0.3, 0.4) is 0 Å². The SMILES string of the molecule is CCOc1ccccc1C=CC(=O)Nc1nc(-c2ccc(OC)cc2)cs1. The lowest BCUT2D eigenvalue weighted by molar-refractivity contribution is -0.111. The van der Waals surface area contributed by atoms with Crippen LogP contribution in [-0.2, 0) is 4.79 Å². The van der Waals surface area contributed by atoms with E-state index in [0.717, 1.165) is 28.3 Å². The number of thiazole rings is 1. The molecule has 0 spiro atoms. The van der Waals surface area contributed by atoms with Gasteiger partial charge in [-0.05, 0) is 43.3 Å². The van der Waals surface area contributed by atoms with Gasteiger partial charge in [0.15, 0.2) is 5.13 Å². The molecule has 138 valence electrons. The van der Waals surface area contributed by atoms with Crippen LogP contribution in [0.4, 0.5) is 5.13 Å². The molecule has 0 saturated carbocycles. The summed E-state index contributed by atoms with van der Waals surface area (Å²) >= 11 is 1.38. The van der Waals surface area contributed by atoms with E-state index in [0.29, 0.717) is 11.7 Å². The van der Waals surface area contributed by atoms with Gasteiger partial charge < -0.3 is 9.47 Å². The van der Waals surface area contributed by atoms with E-state index in [9.17, 15) is 4.79 Å². The van der Waals surface area contributed by atoms with Crippen LogP contribution in [0.1, 0.15) is 12.5 Å². The minimum atomic E-state index is -0.239. The third kappa shape index (κ3) is 4.95. The molecule has 0 aliphatic heterocycles. The predicted molar refractivity (Wildman–Crippen MR) is 109 cm³/mol. The van der Waals surface area contributed by atoms with Gasteiger partial charge in [-0.2, -0.15) is 0 Å². The number of para-hydroxylation sites is 1.